The predicted octanol–water partition coefficient (Wildman–Crippen LogP) is 3.15. The van der Waals surface area contributed by atoms with Crippen LogP contribution in [0.5, 0.6) is 0 Å². The Morgan fingerprint density at radius 1 is 1.44 bits per heavy atom. The lowest BCUT2D eigenvalue weighted by Gasteiger charge is -2.09. The molecule has 16 heavy (non-hydrogen) atoms. The van der Waals surface area contributed by atoms with E-state index in [9.17, 15) is 0 Å². The van der Waals surface area contributed by atoms with E-state index in [0.29, 0.717) is 5.82 Å². The summed E-state index contributed by atoms with van der Waals surface area (Å²) in [5.74, 6) is 0.683. The van der Waals surface area contributed by atoms with Crippen molar-refractivity contribution in [2.45, 2.75) is 4.90 Å². The Labute approximate surface area is 107 Å². The van der Waals surface area contributed by atoms with Crippen molar-refractivity contribution in [3.63, 3.8) is 0 Å². The summed E-state index contributed by atoms with van der Waals surface area (Å²) in [6.07, 6.45) is 3.85. The Kier molecular flexibility index (Phi) is 3.25. The standard InChI is InChI=1S/C11H12BrN3S/c1-15-11(13)7(6-14-15)10-8(12)4-3-5-9(10)16-2/h3-6H,13H2,1-2H3. The van der Waals surface area contributed by atoms with Gasteiger partial charge in [-0.25, -0.2) is 0 Å². The minimum atomic E-state index is 0.683. The van der Waals surface area contributed by atoms with Gasteiger partial charge in [0, 0.05) is 27.5 Å². The normalized spacial score (nSPS) is 10.7. The number of nitrogen functional groups attached to an aromatic ring is 1. The molecular formula is C11H12BrN3S. The molecule has 0 aliphatic rings. The van der Waals surface area contributed by atoms with Crippen LogP contribution in [0.25, 0.3) is 11.1 Å². The molecule has 0 spiro atoms. The van der Waals surface area contributed by atoms with E-state index in [1.165, 1.54) is 4.90 Å². The summed E-state index contributed by atoms with van der Waals surface area (Å²) in [6.45, 7) is 0. The Hall–Kier alpha value is -0.940. The fourth-order valence-electron chi connectivity index (χ4n) is 1.58. The van der Waals surface area contributed by atoms with Gasteiger partial charge in [0.1, 0.15) is 5.82 Å². The first kappa shape index (κ1) is 11.5. The van der Waals surface area contributed by atoms with Gasteiger partial charge >= 0.3 is 0 Å². The Bertz CT molecular complexity index is 522. The van der Waals surface area contributed by atoms with Gasteiger partial charge in [0.05, 0.1) is 6.20 Å². The second-order valence-corrected chi connectivity index (χ2v) is 5.09. The van der Waals surface area contributed by atoms with Crippen molar-refractivity contribution < 1.29 is 0 Å². The molecule has 0 aliphatic carbocycles. The maximum Gasteiger partial charge on any atom is 0.129 e. The Balaban J connectivity index is 2.68. The summed E-state index contributed by atoms with van der Waals surface area (Å²) in [5, 5.41) is 4.17. The Morgan fingerprint density at radius 2 is 2.19 bits per heavy atom. The molecule has 1 aromatic heterocycles. The molecule has 5 heteroatoms. The average Bonchev–Trinajstić information content (AvgIpc) is 2.60. The van der Waals surface area contributed by atoms with Crippen molar-refractivity contribution in [1.82, 2.24) is 9.78 Å². The summed E-state index contributed by atoms with van der Waals surface area (Å²) in [5.41, 5.74) is 8.08. The van der Waals surface area contributed by atoms with Crippen LogP contribution in [0.4, 0.5) is 5.82 Å². The highest BCUT2D eigenvalue weighted by Crippen LogP contribution is 2.38. The van der Waals surface area contributed by atoms with Gasteiger partial charge in [0.2, 0.25) is 0 Å². The molecule has 0 radical (unpaired) electrons. The number of halogens is 1. The van der Waals surface area contributed by atoms with E-state index in [4.69, 9.17) is 5.73 Å². The lowest BCUT2D eigenvalue weighted by Crippen LogP contribution is -1.98. The second kappa shape index (κ2) is 4.51. The van der Waals surface area contributed by atoms with Crippen LogP contribution in [-0.2, 0) is 7.05 Å². The third kappa shape index (κ3) is 1.85. The molecule has 0 saturated heterocycles. The maximum absolute atomic E-state index is 6.00. The van der Waals surface area contributed by atoms with Gasteiger partial charge in [-0.3, -0.25) is 4.68 Å². The van der Waals surface area contributed by atoms with Crippen molar-refractivity contribution >= 4 is 33.5 Å². The highest BCUT2D eigenvalue weighted by Gasteiger charge is 2.14. The quantitative estimate of drug-likeness (QED) is 0.866. The molecule has 0 saturated carbocycles. The predicted molar refractivity (Wildman–Crippen MR) is 72.5 cm³/mol. The van der Waals surface area contributed by atoms with Gasteiger partial charge in [0.25, 0.3) is 0 Å². The zero-order valence-corrected chi connectivity index (χ0v) is 11.5. The Morgan fingerprint density at radius 3 is 2.75 bits per heavy atom. The number of thioether (sulfide) groups is 1. The number of hydrogen-bond acceptors (Lipinski definition) is 3. The molecule has 2 rings (SSSR count). The first-order valence-corrected chi connectivity index (χ1v) is 6.77. The third-order valence-corrected chi connectivity index (χ3v) is 3.89. The lowest BCUT2D eigenvalue weighted by molar-refractivity contribution is 0.779. The molecule has 0 fully saturated rings. The minimum Gasteiger partial charge on any atom is -0.383 e. The summed E-state index contributed by atoms with van der Waals surface area (Å²) in [4.78, 5) is 1.19. The zero-order chi connectivity index (χ0) is 11.7. The summed E-state index contributed by atoms with van der Waals surface area (Å²) in [6, 6.07) is 6.12. The molecule has 84 valence electrons. The molecule has 3 nitrogen and oxygen atoms in total. The van der Waals surface area contributed by atoms with Crippen molar-refractivity contribution in [1.29, 1.82) is 0 Å². The summed E-state index contributed by atoms with van der Waals surface area (Å²) < 4.78 is 2.72. The van der Waals surface area contributed by atoms with Gasteiger partial charge in [-0.15, -0.1) is 11.8 Å². The molecule has 0 amide bonds. The molecule has 0 aliphatic heterocycles. The third-order valence-electron chi connectivity index (χ3n) is 2.45. The van der Waals surface area contributed by atoms with Crippen LogP contribution >= 0.6 is 27.7 Å². The van der Waals surface area contributed by atoms with Crippen LogP contribution in [0.3, 0.4) is 0 Å². The number of benzene rings is 1. The van der Waals surface area contributed by atoms with Crippen molar-refractivity contribution in [3.8, 4) is 11.1 Å². The fourth-order valence-corrected chi connectivity index (χ4v) is 2.93. The van der Waals surface area contributed by atoms with Gasteiger partial charge in [-0.2, -0.15) is 5.10 Å². The lowest BCUT2D eigenvalue weighted by atomic mass is 10.1. The first-order valence-electron chi connectivity index (χ1n) is 4.75. The van der Waals surface area contributed by atoms with Crippen LogP contribution < -0.4 is 5.73 Å². The first-order chi connectivity index (χ1) is 7.65. The van der Waals surface area contributed by atoms with Gasteiger partial charge in [0.15, 0.2) is 0 Å². The largest absolute Gasteiger partial charge is 0.383 e. The SMILES string of the molecule is CSc1cccc(Br)c1-c1cnn(C)c1N. The van der Waals surface area contributed by atoms with Gasteiger partial charge < -0.3 is 5.73 Å². The molecular weight excluding hydrogens is 286 g/mol. The van der Waals surface area contributed by atoms with Crippen molar-refractivity contribution in [3.05, 3.63) is 28.9 Å². The average molecular weight is 298 g/mol. The second-order valence-electron chi connectivity index (χ2n) is 3.38. The molecule has 2 N–H and O–H groups in total. The molecule has 1 heterocycles. The fraction of sp³-hybridized carbons (Fsp3) is 0.182. The highest BCUT2D eigenvalue weighted by molar-refractivity contribution is 9.10. The van der Waals surface area contributed by atoms with Gasteiger partial charge in [-0.05, 0) is 18.4 Å². The van der Waals surface area contributed by atoms with E-state index in [0.717, 1.165) is 15.6 Å². The molecule has 0 unspecified atom stereocenters. The number of nitrogens with two attached hydrogens (primary N) is 1. The topological polar surface area (TPSA) is 43.8 Å². The van der Waals surface area contributed by atoms with E-state index in [-0.39, 0.29) is 0 Å². The summed E-state index contributed by atoms with van der Waals surface area (Å²) in [7, 11) is 1.84. The molecule has 0 atom stereocenters. The number of nitrogens with zero attached hydrogens (tertiary/aromatic N) is 2. The number of hydrogen-bond donors (Lipinski definition) is 1. The number of aromatic nitrogens is 2. The molecule has 2 aromatic rings. The summed E-state index contributed by atoms with van der Waals surface area (Å²) >= 11 is 5.26. The van der Waals surface area contributed by atoms with E-state index in [2.05, 4.69) is 33.4 Å². The van der Waals surface area contributed by atoms with Crippen LogP contribution in [0.1, 0.15) is 0 Å². The molecule has 0 bridgehead atoms. The molecule has 1 aromatic carbocycles. The van der Waals surface area contributed by atoms with Crippen LogP contribution in [-0.4, -0.2) is 16.0 Å². The number of aryl methyl sites for hydroxylation is 1. The van der Waals surface area contributed by atoms with E-state index in [1.807, 2.05) is 19.2 Å². The number of anilines is 1. The van der Waals surface area contributed by atoms with Crippen molar-refractivity contribution in [2.75, 3.05) is 12.0 Å². The zero-order valence-electron chi connectivity index (χ0n) is 9.07. The van der Waals surface area contributed by atoms with Gasteiger partial charge in [-0.1, -0.05) is 22.0 Å². The minimum absolute atomic E-state index is 0.683. The number of rotatable bonds is 2. The van der Waals surface area contributed by atoms with E-state index < -0.39 is 0 Å². The van der Waals surface area contributed by atoms with Crippen LogP contribution in [0, 0.1) is 0 Å². The van der Waals surface area contributed by atoms with Crippen LogP contribution in [0.2, 0.25) is 0 Å². The smallest absolute Gasteiger partial charge is 0.129 e. The van der Waals surface area contributed by atoms with E-state index in [1.54, 1.807) is 22.6 Å². The maximum atomic E-state index is 6.00. The van der Waals surface area contributed by atoms with Crippen LogP contribution in [0.15, 0.2) is 33.8 Å². The highest BCUT2D eigenvalue weighted by atomic mass is 79.9. The van der Waals surface area contributed by atoms with E-state index >= 15 is 0 Å². The van der Waals surface area contributed by atoms with Crippen molar-refractivity contribution in [2.24, 2.45) is 7.05 Å². The monoisotopic (exact) mass is 297 g/mol.